The molecule has 1 atom stereocenters. The van der Waals surface area contributed by atoms with E-state index in [0.717, 1.165) is 30.0 Å². The van der Waals surface area contributed by atoms with Gasteiger partial charge >= 0.3 is 0 Å². The van der Waals surface area contributed by atoms with Gasteiger partial charge in [-0.3, -0.25) is 0 Å². The largest absolute Gasteiger partial charge is 0.373 e. The number of rotatable bonds is 4. The Kier molecular flexibility index (Phi) is 4.24. The van der Waals surface area contributed by atoms with Crippen molar-refractivity contribution in [1.82, 2.24) is 9.97 Å². The third-order valence-corrected chi connectivity index (χ3v) is 5.16. The molecule has 1 aromatic rings. The van der Waals surface area contributed by atoms with E-state index in [4.69, 9.17) is 0 Å². The first-order valence-corrected chi connectivity index (χ1v) is 8.36. The van der Waals surface area contributed by atoms with E-state index in [9.17, 15) is 8.42 Å². The number of sulfone groups is 1. The molecule has 1 fully saturated rings. The van der Waals surface area contributed by atoms with Gasteiger partial charge in [-0.25, -0.2) is 18.4 Å². The Balaban J connectivity index is 2.19. The molecule has 0 saturated carbocycles. The first kappa shape index (κ1) is 14.0. The third kappa shape index (κ3) is 3.34. The van der Waals surface area contributed by atoms with Gasteiger partial charge in [-0.1, -0.05) is 6.92 Å². The van der Waals surface area contributed by atoms with E-state index in [1.165, 1.54) is 6.33 Å². The molecule has 0 aromatic carbocycles. The lowest BCUT2D eigenvalue weighted by Gasteiger charge is -2.24. The van der Waals surface area contributed by atoms with Gasteiger partial charge in [-0.05, 0) is 19.3 Å². The molecule has 0 amide bonds. The van der Waals surface area contributed by atoms with E-state index in [1.807, 2.05) is 14.0 Å². The molecule has 106 valence electrons. The van der Waals surface area contributed by atoms with Crippen LogP contribution in [0.4, 0.5) is 11.6 Å². The highest BCUT2D eigenvalue weighted by atomic mass is 32.2. The van der Waals surface area contributed by atoms with Crippen LogP contribution in [0.1, 0.15) is 25.3 Å². The predicted octanol–water partition coefficient (Wildman–Crippen LogP) is 1.07. The van der Waals surface area contributed by atoms with Gasteiger partial charge in [0.2, 0.25) is 0 Å². The molecule has 6 nitrogen and oxygen atoms in total. The highest BCUT2D eigenvalue weighted by molar-refractivity contribution is 7.91. The Bertz CT molecular complexity index is 545. The lowest BCUT2D eigenvalue weighted by Crippen LogP contribution is -2.35. The fourth-order valence-electron chi connectivity index (χ4n) is 2.42. The van der Waals surface area contributed by atoms with Crippen LogP contribution < -0.4 is 10.6 Å². The SMILES string of the molecule is CCc1c(NC)ncnc1NC1CCCS(=O)(=O)C1. The van der Waals surface area contributed by atoms with Crippen LogP contribution in [0, 0.1) is 0 Å². The second-order valence-corrected chi connectivity index (χ2v) is 6.98. The molecule has 1 aliphatic rings. The van der Waals surface area contributed by atoms with Crippen molar-refractivity contribution in [3.63, 3.8) is 0 Å². The summed E-state index contributed by atoms with van der Waals surface area (Å²) in [5, 5.41) is 6.29. The number of hydrogen-bond acceptors (Lipinski definition) is 6. The Morgan fingerprint density at radius 3 is 2.74 bits per heavy atom. The molecule has 2 rings (SSSR count). The Morgan fingerprint density at radius 1 is 1.37 bits per heavy atom. The summed E-state index contributed by atoms with van der Waals surface area (Å²) >= 11 is 0. The summed E-state index contributed by atoms with van der Waals surface area (Å²) in [6.07, 6.45) is 3.86. The normalized spacial score (nSPS) is 21.9. The van der Waals surface area contributed by atoms with Crippen LogP contribution in [0.5, 0.6) is 0 Å². The molecule has 2 N–H and O–H groups in total. The van der Waals surface area contributed by atoms with Crippen molar-refractivity contribution < 1.29 is 8.42 Å². The molecule has 1 aromatic heterocycles. The van der Waals surface area contributed by atoms with Gasteiger partial charge in [0.25, 0.3) is 0 Å². The average molecular weight is 284 g/mol. The first-order valence-electron chi connectivity index (χ1n) is 6.54. The molecular weight excluding hydrogens is 264 g/mol. The van der Waals surface area contributed by atoms with Crippen LogP contribution >= 0.6 is 0 Å². The molecule has 0 radical (unpaired) electrons. The van der Waals surface area contributed by atoms with Crippen molar-refractivity contribution in [2.75, 3.05) is 29.2 Å². The number of nitrogens with one attached hydrogen (secondary N) is 2. The molecule has 0 bridgehead atoms. The smallest absolute Gasteiger partial charge is 0.152 e. The summed E-state index contributed by atoms with van der Waals surface area (Å²) in [5.41, 5.74) is 0.993. The van der Waals surface area contributed by atoms with Crippen molar-refractivity contribution in [1.29, 1.82) is 0 Å². The Hall–Kier alpha value is -1.37. The molecule has 1 aliphatic heterocycles. The number of anilines is 2. The number of hydrogen-bond donors (Lipinski definition) is 2. The quantitative estimate of drug-likeness (QED) is 0.860. The summed E-state index contributed by atoms with van der Waals surface area (Å²) in [5.74, 6) is 2.02. The highest BCUT2D eigenvalue weighted by Crippen LogP contribution is 2.23. The summed E-state index contributed by atoms with van der Waals surface area (Å²) < 4.78 is 23.3. The Labute approximate surface area is 114 Å². The van der Waals surface area contributed by atoms with Gasteiger partial charge in [0, 0.05) is 18.7 Å². The van der Waals surface area contributed by atoms with E-state index in [1.54, 1.807) is 0 Å². The Morgan fingerprint density at radius 2 is 2.11 bits per heavy atom. The second kappa shape index (κ2) is 5.73. The van der Waals surface area contributed by atoms with Gasteiger partial charge in [0.05, 0.1) is 11.5 Å². The van der Waals surface area contributed by atoms with E-state index in [-0.39, 0.29) is 11.8 Å². The maximum absolute atomic E-state index is 11.6. The summed E-state index contributed by atoms with van der Waals surface area (Å²) in [4.78, 5) is 8.41. The topological polar surface area (TPSA) is 84.0 Å². The van der Waals surface area contributed by atoms with Crippen molar-refractivity contribution in [3.05, 3.63) is 11.9 Å². The minimum absolute atomic E-state index is 0.0522. The zero-order valence-electron chi connectivity index (χ0n) is 11.3. The van der Waals surface area contributed by atoms with Gasteiger partial charge in [0.1, 0.15) is 18.0 Å². The van der Waals surface area contributed by atoms with Gasteiger partial charge < -0.3 is 10.6 Å². The van der Waals surface area contributed by atoms with E-state index in [0.29, 0.717) is 12.2 Å². The average Bonchev–Trinajstić information content (AvgIpc) is 2.37. The highest BCUT2D eigenvalue weighted by Gasteiger charge is 2.25. The molecule has 19 heavy (non-hydrogen) atoms. The maximum Gasteiger partial charge on any atom is 0.152 e. The molecular formula is C12H20N4O2S. The molecule has 0 spiro atoms. The van der Waals surface area contributed by atoms with Crippen molar-refractivity contribution in [2.24, 2.45) is 0 Å². The molecule has 7 heteroatoms. The number of aromatic nitrogens is 2. The van der Waals surface area contributed by atoms with Crippen molar-refractivity contribution in [2.45, 2.75) is 32.2 Å². The monoisotopic (exact) mass is 284 g/mol. The molecule has 2 heterocycles. The fourth-order valence-corrected chi connectivity index (χ4v) is 4.05. The number of nitrogens with zero attached hydrogens (tertiary/aromatic N) is 2. The van der Waals surface area contributed by atoms with E-state index in [2.05, 4.69) is 20.6 Å². The lowest BCUT2D eigenvalue weighted by atomic mass is 10.1. The van der Waals surface area contributed by atoms with Gasteiger partial charge in [-0.15, -0.1) is 0 Å². The van der Waals surface area contributed by atoms with Crippen LogP contribution in [0.2, 0.25) is 0 Å². The summed E-state index contributed by atoms with van der Waals surface area (Å²) in [6.45, 7) is 2.03. The second-order valence-electron chi connectivity index (χ2n) is 4.75. The van der Waals surface area contributed by atoms with Crippen molar-refractivity contribution in [3.8, 4) is 0 Å². The van der Waals surface area contributed by atoms with Crippen LogP contribution in [0.3, 0.4) is 0 Å². The molecule has 0 aliphatic carbocycles. The standard InChI is InChI=1S/C12H20N4O2S/c1-3-10-11(13-2)14-8-15-12(10)16-9-5-4-6-19(17,18)7-9/h8-9H,3-7H2,1-2H3,(H2,13,14,15,16). The minimum atomic E-state index is -2.91. The molecule has 1 unspecified atom stereocenters. The fraction of sp³-hybridized carbons (Fsp3) is 0.667. The van der Waals surface area contributed by atoms with E-state index >= 15 is 0 Å². The third-order valence-electron chi connectivity index (χ3n) is 3.34. The van der Waals surface area contributed by atoms with Gasteiger partial charge in [-0.2, -0.15) is 0 Å². The van der Waals surface area contributed by atoms with E-state index < -0.39 is 9.84 Å². The zero-order chi connectivity index (χ0) is 13.9. The maximum atomic E-state index is 11.6. The predicted molar refractivity (Wildman–Crippen MR) is 76.3 cm³/mol. The zero-order valence-corrected chi connectivity index (χ0v) is 12.1. The molecule has 1 saturated heterocycles. The van der Waals surface area contributed by atoms with Crippen LogP contribution in [-0.4, -0.2) is 43.0 Å². The van der Waals surface area contributed by atoms with Crippen molar-refractivity contribution >= 4 is 21.5 Å². The summed E-state index contributed by atoms with van der Waals surface area (Å²) in [7, 11) is -1.09. The van der Waals surface area contributed by atoms with Gasteiger partial charge in [0.15, 0.2) is 9.84 Å². The summed E-state index contributed by atoms with van der Waals surface area (Å²) in [6, 6.07) is -0.0522. The minimum Gasteiger partial charge on any atom is -0.373 e. The first-order chi connectivity index (χ1) is 9.05. The lowest BCUT2D eigenvalue weighted by molar-refractivity contribution is 0.561. The van der Waals surface area contributed by atoms with Crippen LogP contribution in [0.25, 0.3) is 0 Å². The van der Waals surface area contributed by atoms with Crippen LogP contribution in [-0.2, 0) is 16.3 Å². The van der Waals surface area contributed by atoms with Crippen LogP contribution in [0.15, 0.2) is 6.33 Å².